The highest BCUT2D eigenvalue weighted by molar-refractivity contribution is 6.21. The standard InChI is InChI=1S/C25H38ClNO3.C22H38ClNO3.C22H34ClNO3/c1-2-3-14-25(15-5-16-25)23(28)6-4-17-27-18-13-21(26)22(27)12-9-19-7-10-20(11-8-19)24(29)30;1-2-13-22(14-8-15-22)20(25)10-7-16-24-17-12-18(23)19(24)9-5-3-4-6-11-21(26)27;1-2-3-4-6-19(25)7-5-15-24-16-14-20(23)21(24)13-10-17-8-11-18(12-9-17)22(26)27/h7-8,10-11,21-23,28H,2-6,9,12-18H2,1H3,(H,29,30);3,5,18-20,25H,2,4,6-17H2,1H3,(H,26,27);8-9,11-12,19-21,25H,2-7,10,13-16H2,1H3,(H,26,27)/b;5-3-;/t21-,22+,23?;18-,19+,20-;19?,20-,21+/m111/s1. The average Bonchev–Trinajstić information content (AvgIpc) is 4.27. The van der Waals surface area contributed by atoms with Crippen molar-refractivity contribution in [2.45, 2.75) is 279 Å². The number of likely N-dealkylation sites (tertiary alicyclic amines) is 3. The van der Waals surface area contributed by atoms with E-state index in [4.69, 9.17) is 50.1 Å². The first kappa shape index (κ1) is 72.0. The topological polar surface area (TPSA) is 182 Å². The molecule has 3 aliphatic heterocycles. The summed E-state index contributed by atoms with van der Waals surface area (Å²) in [5.41, 5.74) is 3.40. The summed E-state index contributed by atoms with van der Waals surface area (Å²) >= 11 is 19.7. The number of allylic oxidation sites excluding steroid dienone is 1. The van der Waals surface area contributed by atoms with E-state index in [1.165, 1.54) is 70.6 Å². The number of alkyl halides is 3. The molecule has 2 unspecified atom stereocenters. The third-order valence-corrected chi connectivity index (χ3v) is 21.3. The summed E-state index contributed by atoms with van der Waals surface area (Å²) in [7, 11) is 0. The minimum Gasteiger partial charge on any atom is -0.481 e. The molecule has 3 saturated heterocycles. The van der Waals surface area contributed by atoms with E-state index in [0.29, 0.717) is 35.7 Å². The van der Waals surface area contributed by atoms with Crippen LogP contribution in [0, 0.1) is 10.8 Å². The Balaban J connectivity index is 0.000000231. The number of halogens is 3. The summed E-state index contributed by atoms with van der Waals surface area (Å²) in [5.74, 6) is -2.50. The van der Waals surface area contributed by atoms with E-state index in [1.54, 1.807) is 24.3 Å². The first-order valence-corrected chi connectivity index (χ1v) is 34.4. The largest absolute Gasteiger partial charge is 0.481 e. The Morgan fingerprint density at radius 3 is 1.38 bits per heavy atom. The maximum atomic E-state index is 11.0. The molecule has 2 saturated carbocycles. The van der Waals surface area contributed by atoms with Crippen molar-refractivity contribution in [3.05, 3.63) is 82.9 Å². The minimum absolute atomic E-state index is 0.145. The van der Waals surface area contributed by atoms with E-state index in [1.807, 2.05) is 24.3 Å². The van der Waals surface area contributed by atoms with Crippen LogP contribution in [-0.2, 0) is 17.6 Å². The molecule has 0 bridgehead atoms. The summed E-state index contributed by atoms with van der Waals surface area (Å²) in [6.45, 7) is 12.8. The molecule has 0 aromatic heterocycles. The molecule has 12 nitrogen and oxygen atoms in total. The van der Waals surface area contributed by atoms with E-state index < -0.39 is 17.9 Å². The number of carboxylic acid groups (broad SMARTS) is 3. The molecular weight excluding hydrogens is 1120 g/mol. The highest BCUT2D eigenvalue weighted by Crippen LogP contribution is 2.50. The lowest BCUT2D eigenvalue weighted by molar-refractivity contribution is -0.137. The maximum Gasteiger partial charge on any atom is 0.335 e. The highest BCUT2D eigenvalue weighted by Gasteiger charge is 2.44. The fourth-order valence-electron chi connectivity index (χ4n) is 14.1. The van der Waals surface area contributed by atoms with Gasteiger partial charge in [-0.3, -0.25) is 19.5 Å². The molecule has 5 aliphatic rings. The lowest BCUT2D eigenvalue weighted by atomic mass is 9.61. The Bertz CT molecular complexity index is 2190. The quantitative estimate of drug-likeness (QED) is 0.0214. The number of hydrogen-bond donors (Lipinski definition) is 6. The van der Waals surface area contributed by atoms with Crippen LogP contribution in [0.1, 0.15) is 245 Å². The van der Waals surface area contributed by atoms with Crippen molar-refractivity contribution >= 4 is 52.7 Å². The fraction of sp³-hybridized carbons (Fsp3) is 0.754. The Hall–Kier alpha value is -2.78. The molecular formula is C69H110Cl3N3O9. The lowest BCUT2D eigenvalue weighted by Gasteiger charge is -2.46. The predicted molar refractivity (Wildman–Crippen MR) is 344 cm³/mol. The van der Waals surface area contributed by atoms with Crippen LogP contribution >= 0.6 is 34.8 Å². The van der Waals surface area contributed by atoms with E-state index in [0.717, 1.165) is 172 Å². The number of aliphatic hydroxyl groups is 3. The van der Waals surface area contributed by atoms with Gasteiger partial charge in [-0.25, -0.2) is 9.59 Å². The first-order valence-electron chi connectivity index (χ1n) is 33.1. The average molecular weight is 1230 g/mol. The van der Waals surface area contributed by atoms with Crippen molar-refractivity contribution in [1.29, 1.82) is 0 Å². The monoisotopic (exact) mass is 1230 g/mol. The van der Waals surface area contributed by atoms with Gasteiger partial charge in [0.05, 0.1) is 45.6 Å². The summed E-state index contributed by atoms with van der Waals surface area (Å²) < 4.78 is 0. The van der Waals surface area contributed by atoms with Crippen LogP contribution in [0.25, 0.3) is 0 Å². The van der Waals surface area contributed by atoms with Crippen LogP contribution in [0.2, 0.25) is 0 Å². The lowest BCUT2D eigenvalue weighted by Crippen LogP contribution is -2.42. The van der Waals surface area contributed by atoms with Crippen molar-refractivity contribution in [2.75, 3.05) is 39.3 Å². The van der Waals surface area contributed by atoms with Crippen molar-refractivity contribution in [3.8, 4) is 0 Å². The third kappa shape index (κ3) is 23.6. The van der Waals surface area contributed by atoms with Gasteiger partial charge in [0.25, 0.3) is 0 Å². The molecule has 2 aromatic carbocycles. The number of aliphatic carboxylic acids is 1. The number of carbonyl (C=O) groups is 3. The molecule has 0 amide bonds. The zero-order chi connectivity index (χ0) is 60.9. The van der Waals surface area contributed by atoms with Gasteiger partial charge in [-0.15, -0.1) is 34.8 Å². The Morgan fingerprint density at radius 2 is 0.964 bits per heavy atom. The van der Waals surface area contributed by atoms with Crippen LogP contribution in [0.4, 0.5) is 0 Å². The second-order valence-corrected chi connectivity index (χ2v) is 27.4. The van der Waals surface area contributed by atoms with Gasteiger partial charge in [-0.2, -0.15) is 0 Å². The summed E-state index contributed by atoms with van der Waals surface area (Å²) in [5, 5.41) is 58.9. The van der Waals surface area contributed by atoms with Crippen molar-refractivity contribution < 1.29 is 45.0 Å². The Kier molecular flexibility index (Phi) is 33.1. The molecule has 3 heterocycles. The molecule has 0 spiro atoms. The number of rotatable bonds is 37. The van der Waals surface area contributed by atoms with E-state index in [-0.39, 0.29) is 51.7 Å². The Morgan fingerprint density at radius 1 is 0.536 bits per heavy atom. The van der Waals surface area contributed by atoms with Gasteiger partial charge in [-0.05, 0) is 233 Å². The second-order valence-electron chi connectivity index (χ2n) is 25.7. The smallest absolute Gasteiger partial charge is 0.335 e. The number of aliphatic hydroxyl groups excluding tert-OH is 3. The predicted octanol–water partition coefficient (Wildman–Crippen LogP) is 15.2. The van der Waals surface area contributed by atoms with Gasteiger partial charge >= 0.3 is 17.9 Å². The number of benzene rings is 2. The molecule has 0 radical (unpaired) electrons. The van der Waals surface area contributed by atoms with Gasteiger partial charge in [-0.1, -0.05) is 109 Å². The van der Waals surface area contributed by atoms with Crippen molar-refractivity contribution in [3.63, 3.8) is 0 Å². The number of carboxylic acids is 3. The van der Waals surface area contributed by atoms with Crippen molar-refractivity contribution in [1.82, 2.24) is 14.7 Å². The van der Waals surface area contributed by atoms with Gasteiger partial charge < -0.3 is 30.6 Å². The molecule has 6 N–H and O–H groups in total. The van der Waals surface area contributed by atoms with Crippen LogP contribution in [-0.4, -0.2) is 155 Å². The van der Waals surface area contributed by atoms with Gasteiger partial charge in [0.15, 0.2) is 0 Å². The maximum absolute atomic E-state index is 11.0. The van der Waals surface area contributed by atoms with Crippen LogP contribution in [0.15, 0.2) is 60.7 Å². The van der Waals surface area contributed by atoms with E-state index in [9.17, 15) is 29.7 Å². The number of aryl methyl sites for hydroxylation is 2. The number of nitrogens with zero attached hydrogens (tertiary/aromatic N) is 3. The van der Waals surface area contributed by atoms with Gasteiger partial charge in [0.2, 0.25) is 0 Å². The van der Waals surface area contributed by atoms with Gasteiger partial charge in [0, 0.05) is 24.5 Å². The third-order valence-electron chi connectivity index (χ3n) is 19.8. The molecule has 9 atom stereocenters. The first-order chi connectivity index (χ1) is 40.4. The molecule has 7 rings (SSSR count). The molecule has 2 aromatic rings. The molecule has 15 heteroatoms. The zero-order valence-corrected chi connectivity index (χ0v) is 54.0. The number of aromatic carboxylic acids is 2. The Labute approximate surface area is 521 Å². The molecule has 2 aliphatic carbocycles. The van der Waals surface area contributed by atoms with Crippen LogP contribution < -0.4 is 0 Å². The summed E-state index contributed by atoms with van der Waals surface area (Å²) in [4.78, 5) is 40.0. The summed E-state index contributed by atoms with van der Waals surface area (Å²) in [6.07, 6.45) is 36.8. The second kappa shape index (κ2) is 38.6. The van der Waals surface area contributed by atoms with E-state index in [2.05, 4.69) is 47.6 Å². The van der Waals surface area contributed by atoms with E-state index >= 15 is 0 Å². The minimum atomic E-state index is -0.888. The number of hydrogen-bond acceptors (Lipinski definition) is 9. The normalized spacial score (nSPS) is 24.1. The fourth-order valence-corrected chi connectivity index (χ4v) is 15.3. The molecule has 5 fully saturated rings. The molecule has 476 valence electrons. The molecule has 84 heavy (non-hydrogen) atoms. The van der Waals surface area contributed by atoms with Crippen LogP contribution in [0.3, 0.4) is 0 Å². The highest BCUT2D eigenvalue weighted by atomic mass is 35.5. The SMILES string of the molecule is CCCC1([C@H](O)CCCN2CC[C@@H](Cl)[C@@H]2C/C=C\CCCC(=O)O)CCC1.CCCCC1(C(O)CCCN2CC[C@@H](Cl)[C@@H]2CCc2ccc(C(=O)O)cc2)CCC1.CCCCCC(O)CCCN1CC[C@@H](Cl)[C@@H]1CCc1ccc(C(=O)O)cc1. The van der Waals surface area contributed by atoms with Crippen molar-refractivity contribution in [2.24, 2.45) is 10.8 Å². The summed E-state index contributed by atoms with van der Waals surface area (Å²) in [6, 6.07) is 15.4. The number of unbranched alkanes of at least 4 members (excludes halogenated alkanes) is 4. The van der Waals surface area contributed by atoms with Crippen LogP contribution in [0.5, 0.6) is 0 Å². The van der Waals surface area contributed by atoms with Gasteiger partial charge in [0.1, 0.15) is 0 Å². The zero-order valence-electron chi connectivity index (χ0n) is 51.7.